The second-order valence-corrected chi connectivity index (χ2v) is 6.75. The smallest absolute Gasteiger partial charge is 0.335 e. The van der Waals surface area contributed by atoms with Crippen molar-refractivity contribution >= 4 is 17.9 Å². The van der Waals surface area contributed by atoms with Crippen LogP contribution in [0.15, 0.2) is 42.1 Å². The van der Waals surface area contributed by atoms with E-state index in [9.17, 15) is 14.4 Å². The predicted octanol–water partition coefficient (Wildman–Crippen LogP) is 2.31. The molecule has 0 unspecified atom stereocenters. The van der Waals surface area contributed by atoms with E-state index in [-0.39, 0.29) is 30.6 Å². The van der Waals surface area contributed by atoms with Crippen molar-refractivity contribution < 1.29 is 28.6 Å². The third-order valence-corrected chi connectivity index (χ3v) is 4.97. The van der Waals surface area contributed by atoms with Crippen LogP contribution >= 0.6 is 0 Å². The molecule has 7 nitrogen and oxygen atoms in total. The van der Waals surface area contributed by atoms with Crippen LogP contribution in [0, 0.1) is 11.8 Å². The molecule has 28 heavy (non-hydrogen) atoms. The Morgan fingerprint density at radius 2 is 1.68 bits per heavy atom. The van der Waals surface area contributed by atoms with Crippen LogP contribution in [0.4, 0.5) is 0 Å². The summed E-state index contributed by atoms with van der Waals surface area (Å²) < 4.78 is 14.5. The van der Waals surface area contributed by atoms with E-state index in [1.54, 1.807) is 6.20 Å². The molecule has 0 bridgehead atoms. The van der Waals surface area contributed by atoms with Gasteiger partial charge in [-0.3, -0.25) is 9.59 Å². The summed E-state index contributed by atoms with van der Waals surface area (Å²) >= 11 is 0. The van der Waals surface area contributed by atoms with Crippen molar-refractivity contribution in [3.05, 3.63) is 47.7 Å². The first-order chi connectivity index (χ1) is 13.5. The van der Waals surface area contributed by atoms with Crippen molar-refractivity contribution in [3.63, 3.8) is 0 Å². The second kappa shape index (κ2) is 10.5. The number of rotatable bonds is 8. The SMILES string of the molecule is COC(=O)CC[C@@H]1CN(Cc2ccccc2)C=C(C(=O)OC)[C@@H]1CC(=O)OC. The lowest BCUT2D eigenvalue weighted by atomic mass is 9.78. The number of benzene rings is 1. The Bertz CT molecular complexity index is 715. The molecule has 1 aromatic carbocycles. The number of hydrogen-bond acceptors (Lipinski definition) is 7. The van der Waals surface area contributed by atoms with Crippen LogP contribution in [0.3, 0.4) is 0 Å². The number of nitrogens with zero attached hydrogens (tertiary/aromatic N) is 1. The highest BCUT2D eigenvalue weighted by Crippen LogP contribution is 2.35. The molecule has 1 aliphatic rings. The molecule has 2 atom stereocenters. The van der Waals surface area contributed by atoms with Gasteiger partial charge in [0.2, 0.25) is 0 Å². The summed E-state index contributed by atoms with van der Waals surface area (Å²) in [6.07, 6.45) is 2.53. The lowest BCUT2D eigenvalue weighted by Gasteiger charge is -2.37. The van der Waals surface area contributed by atoms with Gasteiger partial charge in [-0.2, -0.15) is 0 Å². The Kier molecular flexibility index (Phi) is 8.04. The maximum Gasteiger partial charge on any atom is 0.335 e. The topological polar surface area (TPSA) is 82.1 Å². The van der Waals surface area contributed by atoms with Gasteiger partial charge in [0.15, 0.2) is 0 Å². The number of esters is 3. The molecule has 7 heteroatoms. The molecule has 0 fully saturated rings. The predicted molar refractivity (Wildman–Crippen MR) is 102 cm³/mol. The molecule has 1 aromatic rings. The van der Waals surface area contributed by atoms with Gasteiger partial charge in [-0.15, -0.1) is 0 Å². The Morgan fingerprint density at radius 3 is 2.29 bits per heavy atom. The van der Waals surface area contributed by atoms with E-state index in [1.807, 2.05) is 35.2 Å². The number of carbonyl (C=O) groups is 3. The van der Waals surface area contributed by atoms with Crippen LogP contribution in [0.2, 0.25) is 0 Å². The zero-order chi connectivity index (χ0) is 20.5. The highest BCUT2D eigenvalue weighted by molar-refractivity contribution is 5.90. The maximum absolute atomic E-state index is 12.4. The Hall–Kier alpha value is -2.83. The Labute approximate surface area is 165 Å². The first-order valence-electron chi connectivity index (χ1n) is 9.20. The molecule has 0 saturated heterocycles. The van der Waals surface area contributed by atoms with Gasteiger partial charge in [0, 0.05) is 31.6 Å². The quantitative estimate of drug-likeness (QED) is 0.498. The first-order valence-corrected chi connectivity index (χ1v) is 9.20. The summed E-state index contributed by atoms with van der Waals surface area (Å²) in [5.41, 5.74) is 1.52. The maximum atomic E-state index is 12.4. The first kappa shape index (κ1) is 21.5. The van der Waals surface area contributed by atoms with E-state index in [2.05, 4.69) is 0 Å². The van der Waals surface area contributed by atoms with Gasteiger partial charge in [0.25, 0.3) is 0 Å². The minimum Gasteiger partial charge on any atom is -0.469 e. The molecule has 1 heterocycles. The Balaban J connectivity index is 2.30. The van der Waals surface area contributed by atoms with Crippen LogP contribution in [-0.2, 0) is 35.1 Å². The second-order valence-electron chi connectivity index (χ2n) is 6.75. The molecule has 2 rings (SSSR count). The fourth-order valence-electron chi connectivity index (χ4n) is 3.51. The summed E-state index contributed by atoms with van der Waals surface area (Å²) in [7, 11) is 3.98. The molecule has 0 spiro atoms. The monoisotopic (exact) mass is 389 g/mol. The highest BCUT2D eigenvalue weighted by Gasteiger charge is 2.36. The van der Waals surface area contributed by atoms with Crippen molar-refractivity contribution in [2.24, 2.45) is 11.8 Å². The van der Waals surface area contributed by atoms with E-state index in [4.69, 9.17) is 14.2 Å². The van der Waals surface area contributed by atoms with Gasteiger partial charge in [-0.1, -0.05) is 30.3 Å². The molecule has 0 amide bonds. The van der Waals surface area contributed by atoms with Crippen molar-refractivity contribution in [2.45, 2.75) is 25.8 Å². The molecule has 152 valence electrons. The molecular formula is C21H27NO6. The zero-order valence-electron chi connectivity index (χ0n) is 16.6. The average Bonchev–Trinajstić information content (AvgIpc) is 2.72. The minimum atomic E-state index is -0.477. The van der Waals surface area contributed by atoms with E-state index in [0.29, 0.717) is 25.1 Å². The summed E-state index contributed by atoms with van der Waals surface area (Å²) in [6.45, 7) is 1.22. The summed E-state index contributed by atoms with van der Waals surface area (Å²) in [5, 5.41) is 0. The van der Waals surface area contributed by atoms with Crippen LogP contribution in [0.5, 0.6) is 0 Å². The fraction of sp³-hybridized carbons (Fsp3) is 0.476. The Morgan fingerprint density at radius 1 is 1.00 bits per heavy atom. The minimum absolute atomic E-state index is 0.0580. The molecular weight excluding hydrogens is 362 g/mol. The molecule has 0 N–H and O–H groups in total. The lowest BCUT2D eigenvalue weighted by Crippen LogP contribution is -2.39. The number of hydrogen-bond donors (Lipinski definition) is 0. The zero-order valence-corrected chi connectivity index (χ0v) is 16.6. The van der Waals surface area contributed by atoms with Gasteiger partial charge in [0.05, 0.1) is 33.3 Å². The number of ether oxygens (including phenoxy) is 3. The summed E-state index contributed by atoms with van der Waals surface area (Å²) in [4.78, 5) is 38.0. The van der Waals surface area contributed by atoms with Crippen molar-refractivity contribution in [1.82, 2.24) is 4.90 Å². The van der Waals surface area contributed by atoms with E-state index >= 15 is 0 Å². The third kappa shape index (κ3) is 5.84. The van der Waals surface area contributed by atoms with Crippen molar-refractivity contribution in [1.29, 1.82) is 0 Å². The van der Waals surface area contributed by atoms with Crippen LogP contribution < -0.4 is 0 Å². The van der Waals surface area contributed by atoms with E-state index < -0.39 is 11.9 Å². The van der Waals surface area contributed by atoms with E-state index in [0.717, 1.165) is 5.56 Å². The van der Waals surface area contributed by atoms with Crippen molar-refractivity contribution in [2.75, 3.05) is 27.9 Å². The van der Waals surface area contributed by atoms with Gasteiger partial charge in [-0.05, 0) is 17.9 Å². The normalized spacial score (nSPS) is 18.8. The number of carbonyl (C=O) groups excluding carboxylic acids is 3. The largest absolute Gasteiger partial charge is 0.469 e. The lowest BCUT2D eigenvalue weighted by molar-refractivity contribution is -0.142. The summed E-state index contributed by atoms with van der Waals surface area (Å²) in [6, 6.07) is 9.88. The fourth-order valence-corrected chi connectivity index (χ4v) is 3.51. The van der Waals surface area contributed by atoms with E-state index in [1.165, 1.54) is 21.3 Å². The molecule has 0 radical (unpaired) electrons. The molecule has 1 aliphatic heterocycles. The van der Waals surface area contributed by atoms with Gasteiger partial charge in [-0.25, -0.2) is 4.79 Å². The van der Waals surface area contributed by atoms with Gasteiger partial charge >= 0.3 is 17.9 Å². The molecule has 0 saturated carbocycles. The van der Waals surface area contributed by atoms with Crippen LogP contribution in [0.1, 0.15) is 24.8 Å². The molecule has 0 aliphatic carbocycles. The standard InChI is InChI=1S/C21H27NO6/c1-26-19(23)10-9-16-13-22(12-15-7-5-4-6-8-15)14-18(21(25)28-3)17(16)11-20(24)27-2/h4-8,14,16-17H,9-13H2,1-3H3/t16-,17-/m1/s1. The third-order valence-electron chi connectivity index (χ3n) is 4.97. The molecule has 0 aromatic heterocycles. The van der Waals surface area contributed by atoms with Crippen LogP contribution in [0.25, 0.3) is 0 Å². The van der Waals surface area contributed by atoms with Gasteiger partial charge < -0.3 is 19.1 Å². The van der Waals surface area contributed by atoms with Crippen LogP contribution in [-0.4, -0.2) is 50.7 Å². The highest BCUT2D eigenvalue weighted by atomic mass is 16.5. The number of methoxy groups -OCH3 is 3. The van der Waals surface area contributed by atoms with Gasteiger partial charge in [0.1, 0.15) is 0 Å². The average molecular weight is 389 g/mol. The van der Waals surface area contributed by atoms with Crippen molar-refractivity contribution in [3.8, 4) is 0 Å². The summed E-state index contributed by atoms with van der Waals surface area (Å²) in [5.74, 6) is -1.67.